The van der Waals surface area contributed by atoms with E-state index < -0.39 is 0 Å². The smallest absolute Gasteiger partial charge is 0.322 e. The predicted molar refractivity (Wildman–Crippen MR) is 140 cm³/mol. The number of hydrogen-bond donors (Lipinski definition) is 1. The highest BCUT2D eigenvalue weighted by Gasteiger charge is 2.51. The Kier molecular flexibility index (Phi) is 7.13. The van der Waals surface area contributed by atoms with Crippen LogP contribution in [0, 0.1) is 23.2 Å². The Morgan fingerprint density at radius 2 is 1.94 bits per heavy atom. The molecule has 2 atom stereocenters. The molecule has 2 unspecified atom stereocenters. The van der Waals surface area contributed by atoms with Crippen molar-refractivity contribution in [3.05, 3.63) is 40.9 Å². The van der Waals surface area contributed by atoms with E-state index in [-0.39, 0.29) is 11.9 Å². The molecule has 3 fully saturated rings. The van der Waals surface area contributed by atoms with E-state index >= 15 is 0 Å². The number of allylic oxidation sites excluding steroid dienone is 1. The topological polar surface area (TPSA) is 55.9 Å². The van der Waals surface area contributed by atoms with Gasteiger partial charge in [0.05, 0.1) is 0 Å². The van der Waals surface area contributed by atoms with Gasteiger partial charge >= 0.3 is 6.03 Å². The second-order valence-electron chi connectivity index (χ2n) is 11.5. The number of halogens is 1. The van der Waals surface area contributed by atoms with Crippen LogP contribution in [0.4, 0.5) is 10.5 Å². The molecule has 1 aromatic carbocycles. The maximum Gasteiger partial charge on any atom is 0.322 e. The number of anilines is 1. The fourth-order valence-electron chi connectivity index (χ4n) is 6.26. The number of amides is 3. The molecule has 7 heteroatoms. The lowest BCUT2D eigenvalue weighted by atomic mass is 9.49. The molecular weight excluding hydrogens is 460 g/mol. The number of piperazine rings is 1. The van der Waals surface area contributed by atoms with Gasteiger partial charge in [-0.05, 0) is 61.1 Å². The summed E-state index contributed by atoms with van der Waals surface area (Å²) in [7, 11) is 0. The van der Waals surface area contributed by atoms with Crippen molar-refractivity contribution in [2.45, 2.75) is 46.0 Å². The minimum Gasteiger partial charge on any atom is -0.340 e. The zero-order chi connectivity index (χ0) is 24.6. The van der Waals surface area contributed by atoms with E-state index in [1.54, 1.807) is 6.07 Å². The maximum atomic E-state index is 13.4. The molecule has 4 aliphatic carbocycles. The first-order chi connectivity index (χ1) is 16.8. The van der Waals surface area contributed by atoms with Gasteiger partial charge in [0, 0.05) is 62.4 Å². The van der Waals surface area contributed by atoms with Crippen LogP contribution >= 0.6 is 11.6 Å². The van der Waals surface area contributed by atoms with Crippen molar-refractivity contribution >= 4 is 29.2 Å². The Hall–Kier alpha value is -2.05. The van der Waals surface area contributed by atoms with Crippen LogP contribution in [0.1, 0.15) is 46.0 Å². The zero-order valence-electron chi connectivity index (χ0n) is 21.1. The number of carbonyl (C=O) groups excluding carboxylic acids is 2. The zero-order valence-corrected chi connectivity index (χ0v) is 21.9. The SMILES string of the molecule is CC1(C)C2CC=C(CN(CCN3CCN(C(=O)C4CCC4)CC3)C(=O)Nc3cccc(Cl)c3)C1C2. The summed E-state index contributed by atoms with van der Waals surface area (Å²) in [4.78, 5) is 32.4. The van der Waals surface area contributed by atoms with Gasteiger partial charge in [-0.25, -0.2) is 4.79 Å². The van der Waals surface area contributed by atoms with Gasteiger partial charge in [0.15, 0.2) is 0 Å². The largest absolute Gasteiger partial charge is 0.340 e. The minimum atomic E-state index is -0.0776. The fraction of sp³-hybridized carbons (Fsp3) is 0.643. The second-order valence-corrected chi connectivity index (χ2v) is 11.9. The number of fused-ring (bicyclic) bond motifs is 1. The number of rotatable bonds is 7. The van der Waals surface area contributed by atoms with Gasteiger partial charge in [0.25, 0.3) is 0 Å². The van der Waals surface area contributed by atoms with E-state index in [9.17, 15) is 9.59 Å². The number of urea groups is 1. The lowest BCUT2D eigenvalue weighted by Gasteiger charge is -2.57. The van der Waals surface area contributed by atoms with Crippen molar-refractivity contribution in [1.29, 1.82) is 0 Å². The van der Waals surface area contributed by atoms with Crippen molar-refractivity contribution in [3.8, 4) is 0 Å². The molecule has 6 nitrogen and oxygen atoms in total. The molecule has 3 amide bonds. The Morgan fingerprint density at radius 3 is 2.57 bits per heavy atom. The molecule has 1 saturated heterocycles. The molecule has 1 aliphatic heterocycles. The van der Waals surface area contributed by atoms with Gasteiger partial charge in [-0.1, -0.05) is 49.6 Å². The summed E-state index contributed by atoms with van der Waals surface area (Å²) in [6, 6.07) is 7.25. The molecule has 190 valence electrons. The first-order valence-corrected chi connectivity index (χ1v) is 13.7. The number of nitrogens with one attached hydrogen (secondary N) is 1. The van der Waals surface area contributed by atoms with Gasteiger partial charge < -0.3 is 15.1 Å². The van der Waals surface area contributed by atoms with Crippen LogP contribution in [-0.2, 0) is 4.79 Å². The monoisotopic (exact) mass is 498 g/mol. The molecular formula is C28H39ClN4O2. The summed E-state index contributed by atoms with van der Waals surface area (Å²) in [5, 5.41) is 3.67. The van der Waals surface area contributed by atoms with Gasteiger partial charge in [0.2, 0.25) is 5.91 Å². The summed E-state index contributed by atoms with van der Waals surface area (Å²) >= 11 is 6.14. The molecule has 6 rings (SSSR count). The molecule has 2 saturated carbocycles. The highest BCUT2D eigenvalue weighted by Crippen LogP contribution is 2.59. The summed E-state index contributed by atoms with van der Waals surface area (Å²) in [5.41, 5.74) is 2.47. The standard InChI is InChI=1S/C28H39ClN4O2/c1-28(2)22-10-9-21(25(28)17-22)19-33(27(35)30-24-8-4-7-23(29)18-24)16-13-31-11-14-32(15-12-31)26(34)20-5-3-6-20/h4,7-9,18,20,22,25H,3,5-6,10-17,19H2,1-2H3,(H,30,35). The van der Waals surface area contributed by atoms with Crippen molar-refractivity contribution in [3.63, 3.8) is 0 Å². The molecule has 5 aliphatic rings. The first-order valence-electron chi connectivity index (χ1n) is 13.3. The summed E-state index contributed by atoms with van der Waals surface area (Å²) in [6.45, 7) is 10.3. The third-order valence-electron chi connectivity index (χ3n) is 9.14. The summed E-state index contributed by atoms with van der Waals surface area (Å²) < 4.78 is 0. The van der Waals surface area contributed by atoms with Gasteiger partial charge in [-0.15, -0.1) is 0 Å². The quantitative estimate of drug-likeness (QED) is 0.531. The van der Waals surface area contributed by atoms with Crippen LogP contribution < -0.4 is 5.32 Å². The number of hydrogen-bond acceptors (Lipinski definition) is 3. The van der Waals surface area contributed by atoms with Crippen molar-refractivity contribution in [2.24, 2.45) is 23.2 Å². The lowest BCUT2D eigenvalue weighted by molar-refractivity contribution is -0.139. The normalized spacial score (nSPS) is 25.8. The Labute approximate surface area is 214 Å². The molecule has 1 aromatic rings. The third kappa shape index (κ3) is 5.24. The van der Waals surface area contributed by atoms with Gasteiger partial charge in [-0.2, -0.15) is 0 Å². The summed E-state index contributed by atoms with van der Waals surface area (Å²) in [6.07, 6.45) is 8.07. The Bertz CT molecular complexity index is 981. The van der Waals surface area contributed by atoms with Crippen LogP contribution in [0.15, 0.2) is 35.9 Å². The molecule has 0 spiro atoms. The van der Waals surface area contributed by atoms with Crippen LogP contribution in [0.3, 0.4) is 0 Å². The molecule has 0 radical (unpaired) electrons. The highest BCUT2D eigenvalue weighted by molar-refractivity contribution is 6.30. The van der Waals surface area contributed by atoms with E-state index in [1.807, 2.05) is 28.0 Å². The van der Waals surface area contributed by atoms with Crippen molar-refractivity contribution < 1.29 is 9.59 Å². The highest BCUT2D eigenvalue weighted by atomic mass is 35.5. The van der Waals surface area contributed by atoms with Gasteiger partial charge in [0.1, 0.15) is 0 Å². The van der Waals surface area contributed by atoms with E-state index in [2.05, 4.69) is 30.1 Å². The number of nitrogens with zero attached hydrogens (tertiary/aromatic N) is 3. The predicted octanol–water partition coefficient (Wildman–Crippen LogP) is 5.11. The maximum absolute atomic E-state index is 13.4. The van der Waals surface area contributed by atoms with Crippen LogP contribution in [0.2, 0.25) is 5.02 Å². The van der Waals surface area contributed by atoms with E-state index in [1.165, 1.54) is 18.4 Å². The molecule has 0 aromatic heterocycles. The van der Waals surface area contributed by atoms with E-state index in [0.717, 1.165) is 63.6 Å². The van der Waals surface area contributed by atoms with Crippen LogP contribution in [0.25, 0.3) is 0 Å². The Morgan fingerprint density at radius 1 is 1.17 bits per heavy atom. The van der Waals surface area contributed by atoms with E-state index in [4.69, 9.17) is 11.6 Å². The Balaban J connectivity index is 1.20. The second kappa shape index (κ2) is 10.1. The van der Waals surface area contributed by atoms with Crippen LogP contribution in [-0.4, -0.2) is 72.5 Å². The van der Waals surface area contributed by atoms with E-state index in [0.29, 0.717) is 35.4 Å². The van der Waals surface area contributed by atoms with Crippen LogP contribution in [0.5, 0.6) is 0 Å². The number of carbonyl (C=O) groups is 2. The fourth-order valence-corrected chi connectivity index (χ4v) is 6.46. The number of benzene rings is 1. The molecule has 1 heterocycles. The van der Waals surface area contributed by atoms with Crippen molar-refractivity contribution in [1.82, 2.24) is 14.7 Å². The van der Waals surface area contributed by atoms with Gasteiger partial charge in [-0.3, -0.25) is 9.69 Å². The van der Waals surface area contributed by atoms with Crippen molar-refractivity contribution in [2.75, 3.05) is 51.1 Å². The average Bonchev–Trinajstić information content (AvgIpc) is 2.81. The minimum absolute atomic E-state index is 0.0776. The summed E-state index contributed by atoms with van der Waals surface area (Å²) in [5.74, 6) is 1.98. The first kappa shape index (κ1) is 24.6. The molecule has 35 heavy (non-hydrogen) atoms. The molecule has 1 N–H and O–H groups in total. The lowest BCUT2D eigenvalue weighted by Crippen LogP contribution is -2.53. The average molecular weight is 499 g/mol. The molecule has 2 bridgehead atoms. The third-order valence-corrected chi connectivity index (χ3v) is 9.38.